The van der Waals surface area contributed by atoms with Crippen molar-refractivity contribution in [2.45, 2.75) is 25.8 Å². The topological polar surface area (TPSA) is 59.0 Å². The molecule has 1 aromatic carbocycles. The Labute approximate surface area is 131 Å². The molecule has 110 valence electrons. The summed E-state index contributed by atoms with van der Waals surface area (Å²) in [6.45, 7) is 1.27. The molecule has 0 atom stereocenters. The van der Waals surface area contributed by atoms with Gasteiger partial charge in [0.05, 0.1) is 12.0 Å². The van der Waals surface area contributed by atoms with Gasteiger partial charge in [-0.1, -0.05) is 0 Å². The third-order valence-electron chi connectivity index (χ3n) is 3.64. The van der Waals surface area contributed by atoms with Gasteiger partial charge in [-0.3, -0.25) is 0 Å². The van der Waals surface area contributed by atoms with Crippen molar-refractivity contribution in [2.24, 2.45) is 0 Å². The summed E-state index contributed by atoms with van der Waals surface area (Å²) in [4.78, 5) is 15.9. The predicted molar refractivity (Wildman–Crippen MR) is 85.4 cm³/mol. The van der Waals surface area contributed by atoms with Crippen LogP contribution in [0.4, 0.5) is 10.5 Å². The highest BCUT2D eigenvalue weighted by Gasteiger charge is 2.14. The Balaban J connectivity index is 1.55. The maximum Gasteiger partial charge on any atom is 0.319 e. The lowest BCUT2D eigenvalue weighted by atomic mass is 10.1. The number of benzene rings is 1. The first-order chi connectivity index (χ1) is 10.2. The summed E-state index contributed by atoms with van der Waals surface area (Å²) >= 11 is 3.52. The first-order valence-corrected chi connectivity index (χ1v) is 7.83. The van der Waals surface area contributed by atoms with E-state index in [0.29, 0.717) is 13.1 Å². The molecule has 0 aliphatic heterocycles. The minimum atomic E-state index is -0.186. The molecule has 1 aliphatic carbocycles. The number of anilines is 1. The number of amides is 2. The van der Waals surface area contributed by atoms with Crippen LogP contribution >= 0.6 is 15.9 Å². The van der Waals surface area contributed by atoms with Crippen LogP contribution in [-0.2, 0) is 19.4 Å². The van der Waals surface area contributed by atoms with Crippen LogP contribution in [0.5, 0.6) is 0 Å². The van der Waals surface area contributed by atoms with E-state index in [1.54, 1.807) is 12.5 Å². The molecule has 0 saturated heterocycles. The fourth-order valence-electron chi connectivity index (χ4n) is 2.57. The standard InChI is InChI=1S/C15H17BrN4O/c16-13-8-11-2-1-3-12(11)9-14(13)19-15(21)18-5-7-20-6-4-17-10-20/h4,6,8-10H,1-3,5,7H2,(H2,18,19,21). The summed E-state index contributed by atoms with van der Waals surface area (Å²) in [5.74, 6) is 0. The van der Waals surface area contributed by atoms with Gasteiger partial charge in [-0.15, -0.1) is 0 Å². The number of imidazole rings is 1. The van der Waals surface area contributed by atoms with Gasteiger partial charge < -0.3 is 15.2 Å². The Kier molecular flexibility index (Phi) is 4.24. The lowest BCUT2D eigenvalue weighted by molar-refractivity contribution is 0.251. The van der Waals surface area contributed by atoms with Gasteiger partial charge in [-0.2, -0.15) is 0 Å². The van der Waals surface area contributed by atoms with Crippen molar-refractivity contribution < 1.29 is 4.79 Å². The maximum atomic E-state index is 11.9. The summed E-state index contributed by atoms with van der Waals surface area (Å²) in [7, 11) is 0. The van der Waals surface area contributed by atoms with Crippen LogP contribution in [-0.4, -0.2) is 22.1 Å². The number of hydrogen-bond donors (Lipinski definition) is 2. The minimum Gasteiger partial charge on any atom is -0.336 e. The van der Waals surface area contributed by atoms with Crippen LogP contribution in [0.15, 0.2) is 35.3 Å². The van der Waals surface area contributed by atoms with Gasteiger partial charge in [0.2, 0.25) is 0 Å². The van der Waals surface area contributed by atoms with Crippen LogP contribution < -0.4 is 10.6 Å². The molecule has 2 amide bonds. The highest BCUT2D eigenvalue weighted by Crippen LogP contribution is 2.31. The summed E-state index contributed by atoms with van der Waals surface area (Å²) in [6.07, 6.45) is 8.75. The lowest BCUT2D eigenvalue weighted by Crippen LogP contribution is -2.31. The molecule has 6 heteroatoms. The van der Waals surface area contributed by atoms with E-state index in [-0.39, 0.29) is 6.03 Å². The first kappa shape index (κ1) is 14.1. The van der Waals surface area contributed by atoms with Crippen LogP contribution in [0, 0.1) is 0 Å². The zero-order chi connectivity index (χ0) is 14.7. The number of aryl methyl sites for hydroxylation is 2. The lowest BCUT2D eigenvalue weighted by Gasteiger charge is -2.11. The number of aromatic nitrogens is 2. The number of rotatable bonds is 4. The van der Waals surface area contributed by atoms with Gasteiger partial charge >= 0.3 is 6.03 Å². The molecule has 0 radical (unpaired) electrons. The smallest absolute Gasteiger partial charge is 0.319 e. The number of nitrogens with zero attached hydrogens (tertiary/aromatic N) is 2. The minimum absolute atomic E-state index is 0.186. The second kappa shape index (κ2) is 6.30. The zero-order valence-corrected chi connectivity index (χ0v) is 13.2. The van der Waals surface area contributed by atoms with Crippen molar-refractivity contribution in [1.29, 1.82) is 0 Å². The number of carbonyl (C=O) groups is 1. The molecule has 1 aromatic heterocycles. The summed E-state index contributed by atoms with van der Waals surface area (Å²) in [5, 5.41) is 5.74. The molecule has 2 aromatic rings. The van der Waals surface area contributed by atoms with E-state index in [4.69, 9.17) is 0 Å². The summed E-state index contributed by atoms with van der Waals surface area (Å²) in [5.41, 5.74) is 3.55. The van der Waals surface area contributed by atoms with E-state index < -0.39 is 0 Å². The Bertz CT molecular complexity index is 639. The van der Waals surface area contributed by atoms with Gasteiger partial charge in [-0.25, -0.2) is 9.78 Å². The quantitative estimate of drug-likeness (QED) is 0.892. The van der Waals surface area contributed by atoms with Crippen LogP contribution in [0.1, 0.15) is 17.5 Å². The van der Waals surface area contributed by atoms with E-state index in [9.17, 15) is 4.79 Å². The maximum absolute atomic E-state index is 11.9. The predicted octanol–water partition coefficient (Wildman–Crippen LogP) is 2.96. The van der Waals surface area contributed by atoms with E-state index in [1.165, 1.54) is 17.5 Å². The van der Waals surface area contributed by atoms with Gasteiger partial charge in [0.1, 0.15) is 0 Å². The second-order valence-corrected chi connectivity index (χ2v) is 5.99. The van der Waals surface area contributed by atoms with Crippen molar-refractivity contribution >= 4 is 27.6 Å². The number of carbonyl (C=O) groups excluding carboxylic acids is 1. The fourth-order valence-corrected chi connectivity index (χ4v) is 3.06. The Morgan fingerprint density at radius 3 is 2.90 bits per heavy atom. The fraction of sp³-hybridized carbons (Fsp3) is 0.333. The summed E-state index contributed by atoms with van der Waals surface area (Å²) in [6, 6.07) is 4.00. The van der Waals surface area contributed by atoms with Crippen LogP contribution in [0.2, 0.25) is 0 Å². The summed E-state index contributed by atoms with van der Waals surface area (Å²) < 4.78 is 2.86. The number of halogens is 1. The Hall–Kier alpha value is -1.82. The average molecular weight is 349 g/mol. The van der Waals surface area contributed by atoms with E-state index >= 15 is 0 Å². The SMILES string of the molecule is O=C(NCCn1ccnc1)Nc1cc2c(cc1Br)CCC2. The van der Waals surface area contributed by atoms with Crippen molar-refractivity contribution in [3.63, 3.8) is 0 Å². The van der Waals surface area contributed by atoms with Crippen molar-refractivity contribution in [2.75, 3.05) is 11.9 Å². The Morgan fingerprint density at radius 2 is 2.14 bits per heavy atom. The molecular formula is C15H17BrN4O. The van der Waals surface area contributed by atoms with E-state index in [2.05, 4.69) is 43.7 Å². The van der Waals surface area contributed by atoms with Crippen molar-refractivity contribution in [1.82, 2.24) is 14.9 Å². The molecule has 1 heterocycles. The molecular weight excluding hydrogens is 332 g/mol. The normalized spacial score (nSPS) is 13.0. The molecule has 5 nitrogen and oxygen atoms in total. The molecule has 0 fully saturated rings. The third kappa shape index (κ3) is 3.44. The van der Waals surface area contributed by atoms with Gasteiger partial charge in [0.25, 0.3) is 0 Å². The Morgan fingerprint density at radius 1 is 1.33 bits per heavy atom. The number of nitrogens with one attached hydrogen (secondary N) is 2. The van der Waals surface area contributed by atoms with Gasteiger partial charge in [0.15, 0.2) is 0 Å². The molecule has 0 spiro atoms. The average Bonchev–Trinajstić information content (AvgIpc) is 3.10. The van der Waals surface area contributed by atoms with E-state index in [1.807, 2.05) is 10.8 Å². The van der Waals surface area contributed by atoms with Crippen molar-refractivity contribution in [3.8, 4) is 0 Å². The largest absolute Gasteiger partial charge is 0.336 e. The molecule has 2 N–H and O–H groups in total. The van der Waals surface area contributed by atoms with Crippen LogP contribution in [0.3, 0.4) is 0 Å². The van der Waals surface area contributed by atoms with Crippen LogP contribution in [0.25, 0.3) is 0 Å². The van der Waals surface area contributed by atoms with Gasteiger partial charge in [0, 0.05) is 30.0 Å². The number of fused-ring (bicyclic) bond motifs is 1. The molecule has 0 bridgehead atoms. The highest BCUT2D eigenvalue weighted by molar-refractivity contribution is 9.10. The third-order valence-corrected chi connectivity index (χ3v) is 4.30. The molecule has 0 unspecified atom stereocenters. The first-order valence-electron chi connectivity index (χ1n) is 7.04. The number of urea groups is 1. The zero-order valence-electron chi connectivity index (χ0n) is 11.6. The van der Waals surface area contributed by atoms with E-state index in [0.717, 1.165) is 23.0 Å². The molecule has 3 rings (SSSR count). The molecule has 21 heavy (non-hydrogen) atoms. The van der Waals surface area contributed by atoms with Gasteiger partial charge in [-0.05, 0) is 58.5 Å². The number of hydrogen-bond acceptors (Lipinski definition) is 2. The highest BCUT2D eigenvalue weighted by atomic mass is 79.9. The van der Waals surface area contributed by atoms with Crippen molar-refractivity contribution in [3.05, 3.63) is 46.5 Å². The second-order valence-electron chi connectivity index (χ2n) is 5.14. The molecule has 1 aliphatic rings. The molecule has 0 saturated carbocycles. The monoisotopic (exact) mass is 348 g/mol.